The van der Waals surface area contributed by atoms with E-state index in [2.05, 4.69) is 24.1 Å². The molecule has 1 unspecified atom stereocenters. The molecule has 0 bridgehead atoms. The molecular weight excluding hydrogens is 326 g/mol. The summed E-state index contributed by atoms with van der Waals surface area (Å²) in [6.07, 6.45) is 21.3. The summed E-state index contributed by atoms with van der Waals surface area (Å²) in [7, 11) is 0. The smallest absolute Gasteiger partial charge is 0.207 e. The Labute approximate surface area is 159 Å². The van der Waals surface area contributed by atoms with Gasteiger partial charge in [-0.3, -0.25) is 0 Å². The number of carbonyl (C=O) groups excluding carboxylic acids is 1. The van der Waals surface area contributed by atoms with Crippen LogP contribution in [0.4, 0.5) is 0 Å². The van der Waals surface area contributed by atoms with Gasteiger partial charge in [-0.2, -0.15) is 0 Å². The molecule has 2 N–H and O–H groups in total. The second-order valence-electron chi connectivity index (χ2n) is 7.19. The minimum absolute atomic E-state index is 0.0711. The molecule has 0 fully saturated rings. The van der Waals surface area contributed by atoms with Crippen LogP contribution in [-0.4, -0.2) is 35.9 Å². The van der Waals surface area contributed by atoms with Crippen LogP contribution in [0.5, 0.6) is 0 Å². The van der Waals surface area contributed by atoms with Gasteiger partial charge in [0.1, 0.15) is 19.3 Å². The molecule has 0 aromatic heterocycles. The highest BCUT2D eigenvalue weighted by Crippen LogP contribution is 2.21. The number of nitrogens with zero attached hydrogens (tertiary/aromatic N) is 2. The van der Waals surface area contributed by atoms with Gasteiger partial charge in [-0.05, 0) is 25.7 Å². The van der Waals surface area contributed by atoms with E-state index in [-0.39, 0.29) is 11.0 Å². The number of allylic oxidation sites excluding steroid dienone is 2. The minimum atomic E-state index is -1.05. The van der Waals surface area contributed by atoms with Gasteiger partial charge in [-0.1, -0.05) is 57.6 Å². The molecule has 1 aliphatic heterocycles. The molecule has 1 atom stereocenters. The Kier molecular flexibility index (Phi) is 11.9. The highest BCUT2D eigenvalue weighted by molar-refractivity contribution is 5.80. The van der Waals surface area contributed by atoms with E-state index in [4.69, 9.17) is 5.73 Å². The fourth-order valence-electron chi connectivity index (χ4n) is 3.43. The number of carboxylic acids is 1. The molecule has 0 aromatic rings. The number of carbonyl (C=O) groups is 1. The van der Waals surface area contributed by atoms with Crippen molar-refractivity contribution in [1.29, 1.82) is 0 Å². The molecule has 5 nitrogen and oxygen atoms in total. The van der Waals surface area contributed by atoms with Crippen molar-refractivity contribution >= 4 is 11.8 Å². The summed E-state index contributed by atoms with van der Waals surface area (Å²) in [5.41, 5.74) is 5.68. The van der Waals surface area contributed by atoms with Crippen molar-refractivity contribution in [3.8, 4) is 0 Å². The SMILES string of the molecule is CCCC/C=C/CCCCCCCCC1=NC=C[N+]1(CCN)CC(=O)[O-]. The van der Waals surface area contributed by atoms with Crippen molar-refractivity contribution in [2.45, 2.75) is 77.6 Å². The largest absolute Gasteiger partial charge is 0.544 e. The number of aliphatic imine (C=N–C) groups is 1. The average molecular weight is 364 g/mol. The number of rotatable bonds is 16. The fourth-order valence-corrected chi connectivity index (χ4v) is 3.43. The molecule has 0 radical (unpaired) electrons. The molecule has 26 heavy (non-hydrogen) atoms. The minimum Gasteiger partial charge on any atom is -0.544 e. The third-order valence-corrected chi connectivity index (χ3v) is 4.94. The second-order valence-corrected chi connectivity index (χ2v) is 7.19. The van der Waals surface area contributed by atoms with Gasteiger partial charge in [0.25, 0.3) is 0 Å². The van der Waals surface area contributed by atoms with Crippen molar-refractivity contribution < 1.29 is 14.4 Å². The van der Waals surface area contributed by atoms with Gasteiger partial charge < -0.3 is 15.6 Å². The van der Waals surface area contributed by atoms with E-state index >= 15 is 0 Å². The maximum absolute atomic E-state index is 11.1. The van der Waals surface area contributed by atoms with Crippen molar-refractivity contribution in [3.05, 3.63) is 24.6 Å². The number of carboxylic acid groups (broad SMARTS) is 1. The van der Waals surface area contributed by atoms with E-state index < -0.39 is 5.97 Å². The molecule has 1 rings (SSSR count). The number of hydrogen-bond acceptors (Lipinski definition) is 4. The maximum Gasteiger partial charge on any atom is 0.207 e. The Morgan fingerprint density at radius 1 is 1.12 bits per heavy atom. The van der Waals surface area contributed by atoms with Gasteiger partial charge in [0, 0.05) is 13.0 Å². The number of hydrogen-bond donors (Lipinski definition) is 1. The second kappa shape index (κ2) is 13.7. The first-order valence-corrected chi connectivity index (χ1v) is 10.3. The zero-order chi connectivity index (χ0) is 19.1. The molecule has 1 aliphatic rings. The fraction of sp³-hybridized carbons (Fsp3) is 0.714. The Balaban J connectivity index is 2.13. The van der Waals surface area contributed by atoms with Gasteiger partial charge in [-0.15, -0.1) is 0 Å². The number of aliphatic carboxylic acids is 1. The lowest BCUT2D eigenvalue weighted by atomic mass is 10.1. The Bertz CT molecular complexity index is 486. The summed E-state index contributed by atoms with van der Waals surface area (Å²) < 4.78 is 0.239. The Morgan fingerprint density at radius 2 is 1.77 bits per heavy atom. The first-order chi connectivity index (χ1) is 12.6. The monoisotopic (exact) mass is 363 g/mol. The predicted octanol–water partition coefficient (Wildman–Crippen LogP) is 3.26. The molecule has 0 saturated carbocycles. The van der Waals surface area contributed by atoms with E-state index in [0.717, 1.165) is 18.7 Å². The Morgan fingerprint density at radius 3 is 2.42 bits per heavy atom. The van der Waals surface area contributed by atoms with Gasteiger partial charge in [-0.25, -0.2) is 9.48 Å². The third kappa shape index (κ3) is 8.77. The number of quaternary nitrogens is 1. The first kappa shape index (κ1) is 22.6. The summed E-state index contributed by atoms with van der Waals surface area (Å²) in [4.78, 5) is 15.5. The van der Waals surface area contributed by atoms with E-state index in [9.17, 15) is 9.90 Å². The molecule has 148 valence electrons. The molecule has 0 aliphatic carbocycles. The van der Waals surface area contributed by atoms with Crippen LogP contribution in [0.25, 0.3) is 0 Å². The van der Waals surface area contributed by atoms with Crippen LogP contribution in [0.2, 0.25) is 0 Å². The number of amidine groups is 1. The average Bonchev–Trinajstić information content (AvgIpc) is 2.97. The number of unbranched alkanes of at least 4 members (excludes halogenated alkanes) is 8. The maximum atomic E-state index is 11.1. The Hall–Kier alpha value is -1.46. The molecule has 1 heterocycles. The van der Waals surface area contributed by atoms with E-state index in [1.165, 1.54) is 57.8 Å². The normalized spacial score (nSPS) is 19.4. The zero-order valence-corrected chi connectivity index (χ0v) is 16.5. The van der Waals surface area contributed by atoms with Crippen LogP contribution in [0.3, 0.4) is 0 Å². The summed E-state index contributed by atoms with van der Waals surface area (Å²) in [6, 6.07) is 0. The summed E-state index contributed by atoms with van der Waals surface area (Å²) in [5.74, 6) is -0.140. The van der Waals surface area contributed by atoms with Crippen LogP contribution < -0.4 is 10.8 Å². The van der Waals surface area contributed by atoms with Gasteiger partial charge in [0.05, 0.1) is 12.2 Å². The standard InChI is InChI=1S/C21H37N3O2/c1-2-3-4-5-6-7-8-9-10-11-12-13-14-20-23-16-18-24(20,17-15-22)19-21(25)26/h5-6,16,18H,2-4,7-15,17,19,22H2,1H3/b6-5+. The van der Waals surface area contributed by atoms with Crippen LogP contribution in [0, 0.1) is 0 Å². The highest BCUT2D eigenvalue weighted by atomic mass is 16.4. The summed E-state index contributed by atoms with van der Waals surface area (Å²) in [6.45, 7) is 3.15. The van der Waals surface area contributed by atoms with E-state index in [1.54, 1.807) is 6.20 Å². The lowest BCUT2D eigenvalue weighted by Crippen LogP contribution is -2.55. The van der Waals surface area contributed by atoms with Crippen LogP contribution in [0.1, 0.15) is 77.6 Å². The van der Waals surface area contributed by atoms with Gasteiger partial charge in [0.15, 0.2) is 0 Å². The van der Waals surface area contributed by atoms with E-state index in [0.29, 0.717) is 13.1 Å². The molecule has 5 heteroatoms. The lowest BCUT2D eigenvalue weighted by molar-refractivity contribution is -0.780. The van der Waals surface area contributed by atoms with E-state index in [1.807, 2.05) is 6.20 Å². The van der Waals surface area contributed by atoms with Crippen molar-refractivity contribution in [1.82, 2.24) is 0 Å². The quantitative estimate of drug-likeness (QED) is 0.260. The zero-order valence-electron chi connectivity index (χ0n) is 16.5. The number of nitrogens with two attached hydrogens (primary N) is 1. The molecule has 0 saturated heterocycles. The van der Waals surface area contributed by atoms with Crippen LogP contribution >= 0.6 is 0 Å². The predicted molar refractivity (Wildman–Crippen MR) is 106 cm³/mol. The molecular formula is C21H37N3O2. The highest BCUT2D eigenvalue weighted by Gasteiger charge is 2.34. The van der Waals surface area contributed by atoms with Crippen molar-refractivity contribution in [2.24, 2.45) is 10.7 Å². The summed E-state index contributed by atoms with van der Waals surface area (Å²) in [5, 5.41) is 11.1. The molecule has 0 aromatic carbocycles. The molecule has 0 amide bonds. The molecule has 0 spiro atoms. The van der Waals surface area contributed by atoms with Gasteiger partial charge >= 0.3 is 0 Å². The topological polar surface area (TPSA) is 78.5 Å². The van der Waals surface area contributed by atoms with Gasteiger partial charge in [0.2, 0.25) is 5.84 Å². The van der Waals surface area contributed by atoms with Crippen LogP contribution in [-0.2, 0) is 4.79 Å². The third-order valence-electron chi connectivity index (χ3n) is 4.94. The lowest BCUT2D eigenvalue weighted by Gasteiger charge is -2.32. The van der Waals surface area contributed by atoms with Crippen molar-refractivity contribution in [3.63, 3.8) is 0 Å². The summed E-state index contributed by atoms with van der Waals surface area (Å²) >= 11 is 0. The first-order valence-electron chi connectivity index (χ1n) is 10.3. The van der Waals surface area contributed by atoms with Crippen LogP contribution in [0.15, 0.2) is 29.5 Å². The van der Waals surface area contributed by atoms with Crippen molar-refractivity contribution in [2.75, 3.05) is 19.6 Å².